The molecule has 0 aliphatic heterocycles. The highest BCUT2D eigenvalue weighted by Crippen LogP contribution is 2.17. The van der Waals surface area contributed by atoms with Gasteiger partial charge in [-0.3, -0.25) is 4.79 Å². The van der Waals surface area contributed by atoms with Crippen molar-refractivity contribution < 1.29 is 19.1 Å². The van der Waals surface area contributed by atoms with E-state index in [1.165, 1.54) is 0 Å². The summed E-state index contributed by atoms with van der Waals surface area (Å²) in [7, 11) is 0. The van der Waals surface area contributed by atoms with E-state index < -0.39 is 23.7 Å². The fraction of sp³-hybridized carbons (Fsp3) is 0.333. The number of carbonyl (C=O) groups excluding carboxylic acids is 1. The molecule has 0 aliphatic carbocycles. The zero-order valence-corrected chi connectivity index (χ0v) is 10.1. The molecule has 0 radical (unpaired) electrons. The number of carbonyl (C=O) groups is 2. The van der Waals surface area contributed by atoms with Crippen molar-refractivity contribution in [2.24, 2.45) is 11.7 Å². The maximum atomic E-state index is 13.4. The zero-order chi connectivity index (χ0) is 13.9. The van der Waals surface area contributed by atoms with Crippen LogP contribution in [0.4, 0.5) is 10.1 Å². The van der Waals surface area contributed by atoms with Crippen LogP contribution < -0.4 is 11.1 Å². The molecule has 0 saturated heterocycles. The molecule has 1 amide bonds. The van der Waals surface area contributed by atoms with Crippen LogP contribution in [0.3, 0.4) is 0 Å². The standard InChI is InChI=1S/C12H15FN2O3/c1-6(2)10(14)11(16)15-9-5-7(12(17)18)3-4-8(9)13/h3-6,10H,14H2,1-2H3,(H,15,16)(H,17,18)/t10-/m1/s1. The maximum Gasteiger partial charge on any atom is 0.335 e. The number of nitrogens with two attached hydrogens (primary N) is 1. The lowest BCUT2D eigenvalue weighted by atomic mass is 10.0. The van der Waals surface area contributed by atoms with Gasteiger partial charge in [0.1, 0.15) is 5.82 Å². The predicted octanol–water partition coefficient (Wildman–Crippen LogP) is 1.45. The summed E-state index contributed by atoms with van der Waals surface area (Å²) in [6.45, 7) is 3.52. The summed E-state index contributed by atoms with van der Waals surface area (Å²) in [4.78, 5) is 22.4. The number of carboxylic acid groups (broad SMARTS) is 1. The van der Waals surface area contributed by atoms with Crippen molar-refractivity contribution in [1.29, 1.82) is 0 Å². The van der Waals surface area contributed by atoms with Crippen LogP contribution in [0, 0.1) is 11.7 Å². The first-order valence-corrected chi connectivity index (χ1v) is 5.42. The third-order valence-corrected chi connectivity index (χ3v) is 2.49. The van der Waals surface area contributed by atoms with Crippen LogP contribution in [0.25, 0.3) is 0 Å². The predicted molar refractivity (Wildman–Crippen MR) is 64.8 cm³/mol. The number of rotatable bonds is 4. The van der Waals surface area contributed by atoms with Gasteiger partial charge in [0.2, 0.25) is 5.91 Å². The monoisotopic (exact) mass is 254 g/mol. The van der Waals surface area contributed by atoms with Crippen LogP contribution in [0.15, 0.2) is 18.2 Å². The molecule has 6 heteroatoms. The summed E-state index contributed by atoms with van der Waals surface area (Å²) in [5.74, 6) is -2.55. The molecule has 0 unspecified atom stereocenters. The number of aromatic carboxylic acids is 1. The molecule has 4 N–H and O–H groups in total. The van der Waals surface area contributed by atoms with Crippen LogP contribution in [0.1, 0.15) is 24.2 Å². The average molecular weight is 254 g/mol. The molecule has 1 aromatic rings. The van der Waals surface area contributed by atoms with E-state index in [1.54, 1.807) is 13.8 Å². The number of amides is 1. The molecule has 0 heterocycles. The lowest BCUT2D eigenvalue weighted by molar-refractivity contribution is -0.118. The lowest BCUT2D eigenvalue weighted by Crippen LogP contribution is -2.39. The van der Waals surface area contributed by atoms with Crippen molar-refractivity contribution in [3.05, 3.63) is 29.6 Å². The van der Waals surface area contributed by atoms with E-state index >= 15 is 0 Å². The molecular formula is C12H15FN2O3. The third kappa shape index (κ3) is 3.27. The molecule has 98 valence electrons. The number of carboxylic acids is 1. The Bertz CT molecular complexity index is 474. The molecule has 1 atom stereocenters. The molecule has 0 fully saturated rings. The van der Waals surface area contributed by atoms with Gasteiger partial charge in [-0.1, -0.05) is 13.8 Å². The van der Waals surface area contributed by atoms with Crippen LogP contribution in [-0.2, 0) is 4.79 Å². The van der Waals surface area contributed by atoms with Gasteiger partial charge < -0.3 is 16.2 Å². The van der Waals surface area contributed by atoms with E-state index in [2.05, 4.69) is 5.32 Å². The van der Waals surface area contributed by atoms with Gasteiger partial charge in [-0.25, -0.2) is 9.18 Å². The van der Waals surface area contributed by atoms with Gasteiger partial charge in [0, 0.05) is 0 Å². The fourth-order valence-corrected chi connectivity index (χ4v) is 1.27. The Balaban J connectivity index is 2.93. The second-order valence-electron chi connectivity index (χ2n) is 4.26. The van der Waals surface area contributed by atoms with Gasteiger partial charge in [0.25, 0.3) is 0 Å². The highest BCUT2D eigenvalue weighted by molar-refractivity contribution is 5.96. The first-order chi connectivity index (χ1) is 8.32. The third-order valence-electron chi connectivity index (χ3n) is 2.49. The second-order valence-corrected chi connectivity index (χ2v) is 4.26. The molecule has 1 aromatic carbocycles. The molecule has 0 saturated carbocycles. The van der Waals surface area contributed by atoms with E-state index in [1.807, 2.05) is 0 Å². The van der Waals surface area contributed by atoms with Gasteiger partial charge in [0.15, 0.2) is 0 Å². The van der Waals surface area contributed by atoms with Crippen LogP contribution >= 0.6 is 0 Å². The lowest BCUT2D eigenvalue weighted by Gasteiger charge is -2.15. The summed E-state index contributed by atoms with van der Waals surface area (Å²) in [6.07, 6.45) is 0. The maximum absolute atomic E-state index is 13.4. The number of hydrogen-bond donors (Lipinski definition) is 3. The van der Waals surface area contributed by atoms with Gasteiger partial charge in [-0.15, -0.1) is 0 Å². The van der Waals surface area contributed by atoms with Gasteiger partial charge in [-0.2, -0.15) is 0 Å². The number of hydrogen-bond acceptors (Lipinski definition) is 3. The fourth-order valence-electron chi connectivity index (χ4n) is 1.27. The summed E-state index contributed by atoms with van der Waals surface area (Å²) in [5, 5.41) is 11.1. The topological polar surface area (TPSA) is 92.4 Å². The van der Waals surface area contributed by atoms with Gasteiger partial charge in [0.05, 0.1) is 17.3 Å². The second kappa shape index (κ2) is 5.59. The van der Waals surface area contributed by atoms with Gasteiger partial charge >= 0.3 is 5.97 Å². The summed E-state index contributed by atoms with van der Waals surface area (Å²) < 4.78 is 13.4. The molecule has 1 rings (SSSR count). The minimum atomic E-state index is -1.20. The van der Waals surface area contributed by atoms with Crippen molar-refractivity contribution in [2.75, 3.05) is 5.32 Å². The highest BCUT2D eigenvalue weighted by Gasteiger charge is 2.19. The van der Waals surface area contributed by atoms with Crippen molar-refractivity contribution in [1.82, 2.24) is 0 Å². The molecule has 18 heavy (non-hydrogen) atoms. The Morgan fingerprint density at radius 3 is 2.50 bits per heavy atom. The summed E-state index contributed by atoms with van der Waals surface area (Å²) in [5.41, 5.74) is 5.31. The first kappa shape index (κ1) is 14.1. The summed E-state index contributed by atoms with van der Waals surface area (Å²) in [6, 6.07) is 2.39. The largest absolute Gasteiger partial charge is 0.478 e. The van der Waals surface area contributed by atoms with Crippen LogP contribution in [0.2, 0.25) is 0 Å². The zero-order valence-electron chi connectivity index (χ0n) is 10.1. The van der Waals surface area contributed by atoms with Crippen LogP contribution in [0.5, 0.6) is 0 Å². The SMILES string of the molecule is CC(C)[C@@H](N)C(=O)Nc1cc(C(=O)O)ccc1F. The smallest absolute Gasteiger partial charge is 0.335 e. The molecular weight excluding hydrogens is 239 g/mol. The van der Waals surface area contributed by atoms with E-state index in [4.69, 9.17) is 10.8 Å². The Hall–Kier alpha value is -1.95. The Labute approximate surface area is 104 Å². The molecule has 0 spiro atoms. The molecule has 0 bridgehead atoms. The number of benzene rings is 1. The van der Waals surface area contributed by atoms with Crippen molar-refractivity contribution in [3.63, 3.8) is 0 Å². The van der Waals surface area contributed by atoms with Crippen LogP contribution in [-0.4, -0.2) is 23.0 Å². The molecule has 0 aromatic heterocycles. The van der Waals surface area contributed by atoms with Crippen molar-refractivity contribution in [2.45, 2.75) is 19.9 Å². The van der Waals surface area contributed by atoms with E-state index in [0.717, 1.165) is 18.2 Å². The number of nitrogens with one attached hydrogen (secondary N) is 1. The van der Waals surface area contributed by atoms with Crippen molar-refractivity contribution >= 4 is 17.6 Å². The highest BCUT2D eigenvalue weighted by atomic mass is 19.1. The Morgan fingerprint density at radius 1 is 1.39 bits per heavy atom. The Morgan fingerprint density at radius 2 is 2.00 bits per heavy atom. The Kier molecular flexibility index (Phi) is 4.38. The van der Waals surface area contributed by atoms with Crippen molar-refractivity contribution in [3.8, 4) is 0 Å². The molecule has 5 nitrogen and oxygen atoms in total. The minimum absolute atomic E-state index is 0.101. The quantitative estimate of drug-likeness (QED) is 0.758. The average Bonchev–Trinajstić information content (AvgIpc) is 2.30. The van der Waals surface area contributed by atoms with E-state index in [9.17, 15) is 14.0 Å². The minimum Gasteiger partial charge on any atom is -0.478 e. The number of halogens is 1. The van der Waals surface area contributed by atoms with Gasteiger partial charge in [-0.05, 0) is 24.1 Å². The summed E-state index contributed by atoms with van der Waals surface area (Å²) >= 11 is 0. The normalized spacial score (nSPS) is 12.3. The number of anilines is 1. The van der Waals surface area contributed by atoms with E-state index in [0.29, 0.717) is 0 Å². The molecule has 0 aliphatic rings. The first-order valence-electron chi connectivity index (χ1n) is 5.42. The van der Waals surface area contributed by atoms with E-state index in [-0.39, 0.29) is 17.2 Å².